The van der Waals surface area contributed by atoms with Crippen LogP contribution in [0.4, 0.5) is 0 Å². The van der Waals surface area contributed by atoms with Crippen LogP contribution < -0.4 is 5.32 Å². The number of thioether (sulfide) groups is 1. The van der Waals surface area contributed by atoms with E-state index in [2.05, 4.69) is 36.8 Å². The van der Waals surface area contributed by atoms with Crippen molar-refractivity contribution in [2.45, 2.75) is 24.4 Å². The van der Waals surface area contributed by atoms with Gasteiger partial charge in [-0.15, -0.1) is 24.0 Å². The third kappa shape index (κ3) is 5.26. The highest BCUT2D eigenvalue weighted by Crippen LogP contribution is 2.33. The molecule has 0 radical (unpaired) electrons. The molecule has 4 rings (SSSR count). The molecule has 4 heterocycles. The molecule has 9 heteroatoms. The van der Waals surface area contributed by atoms with Gasteiger partial charge in [-0.05, 0) is 18.6 Å². The summed E-state index contributed by atoms with van der Waals surface area (Å²) in [6, 6.07) is 0.641. The van der Waals surface area contributed by atoms with Crippen molar-refractivity contribution >= 4 is 41.7 Å². The van der Waals surface area contributed by atoms with E-state index in [9.17, 15) is 0 Å². The van der Waals surface area contributed by atoms with Crippen LogP contribution in [0.5, 0.6) is 0 Å². The Hall–Kier alpha value is 0.190. The minimum Gasteiger partial charge on any atom is -0.379 e. The third-order valence-corrected chi connectivity index (χ3v) is 7.81. The average molecular weight is 526 g/mol. The van der Waals surface area contributed by atoms with Crippen LogP contribution in [0, 0.1) is 0 Å². The maximum Gasteiger partial charge on any atom is 0.193 e. The van der Waals surface area contributed by atoms with Crippen molar-refractivity contribution in [1.82, 2.24) is 20.0 Å². The number of aliphatic imine (C=N–C) groups is 1. The SMILES string of the molecule is CN=C(NCC1(N2CCOCC2)CCSC1)N1CCC(N2CCOCC2)C1.I. The Morgan fingerprint density at radius 1 is 1.11 bits per heavy atom. The predicted octanol–water partition coefficient (Wildman–Crippen LogP) is 0.794. The maximum absolute atomic E-state index is 5.59. The Kier molecular flexibility index (Phi) is 8.98. The minimum absolute atomic E-state index is 0. The van der Waals surface area contributed by atoms with E-state index in [1.54, 1.807) is 0 Å². The molecule has 162 valence electrons. The van der Waals surface area contributed by atoms with Gasteiger partial charge >= 0.3 is 0 Å². The summed E-state index contributed by atoms with van der Waals surface area (Å²) in [5, 5.41) is 3.75. The molecule has 4 fully saturated rings. The van der Waals surface area contributed by atoms with Gasteiger partial charge in [0.1, 0.15) is 0 Å². The van der Waals surface area contributed by atoms with Gasteiger partial charge in [-0.1, -0.05) is 0 Å². The first-order valence-corrected chi connectivity index (χ1v) is 11.6. The molecule has 1 N–H and O–H groups in total. The molecular formula is C19H36IN5O2S. The summed E-state index contributed by atoms with van der Waals surface area (Å²) in [6.07, 6.45) is 2.49. The van der Waals surface area contributed by atoms with Crippen molar-refractivity contribution in [2.75, 3.05) is 90.8 Å². The molecule has 4 aliphatic heterocycles. The first-order chi connectivity index (χ1) is 13.3. The van der Waals surface area contributed by atoms with E-state index >= 15 is 0 Å². The van der Waals surface area contributed by atoms with Crippen molar-refractivity contribution < 1.29 is 9.47 Å². The van der Waals surface area contributed by atoms with E-state index in [-0.39, 0.29) is 29.5 Å². The largest absolute Gasteiger partial charge is 0.379 e. The number of nitrogens with zero attached hydrogens (tertiary/aromatic N) is 4. The molecular weight excluding hydrogens is 489 g/mol. The second-order valence-corrected chi connectivity index (χ2v) is 9.17. The molecule has 0 bridgehead atoms. The maximum atomic E-state index is 5.59. The fourth-order valence-electron chi connectivity index (χ4n) is 4.89. The van der Waals surface area contributed by atoms with Crippen LogP contribution in [0.3, 0.4) is 0 Å². The second-order valence-electron chi connectivity index (χ2n) is 8.06. The molecule has 0 amide bonds. The molecule has 2 atom stereocenters. The van der Waals surface area contributed by atoms with Gasteiger partial charge in [0.2, 0.25) is 0 Å². The number of morpholine rings is 2. The van der Waals surface area contributed by atoms with Crippen molar-refractivity contribution in [2.24, 2.45) is 4.99 Å². The number of ether oxygens (including phenoxy) is 2. The highest BCUT2D eigenvalue weighted by Gasteiger charge is 2.41. The summed E-state index contributed by atoms with van der Waals surface area (Å²) in [5.41, 5.74) is 0.258. The Labute approximate surface area is 191 Å². The molecule has 7 nitrogen and oxygen atoms in total. The fraction of sp³-hybridized carbons (Fsp3) is 0.947. The normalized spacial score (nSPS) is 33.1. The van der Waals surface area contributed by atoms with Gasteiger partial charge in [0.25, 0.3) is 0 Å². The quantitative estimate of drug-likeness (QED) is 0.331. The van der Waals surface area contributed by atoms with E-state index < -0.39 is 0 Å². The first kappa shape index (κ1) is 22.9. The van der Waals surface area contributed by atoms with Gasteiger partial charge in [-0.3, -0.25) is 14.8 Å². The van der Waals surface area contributed by atoms with E-state index in [0.29, 0.717) is 6.04 Å². The number of hydrogen-bond donors (Lipinski definition) is 1. The van der Waals surface area contributed by atoms with Gasteiger partial charge in [0.15, 0.2) is 5.96 Å². The molecule has 28 heavy (non-hydrogen) atoms. The second kappa shape index (κ2) is 11.0. The Balaban J connectivity index is 0.00000225. The van der Waals surface area contributed by atoms with E-state index in [4.69, 9.17) is 9.47 Å². The third-order valence-electron chi connectivity index (χ3n) is 6.58. The molecule has 2 unspecified atom stereocenters. The number of likely N-dealkylation sites (tertiary alicyclic amines) is 1. The predicted molar refractivity (Wildman–Crippen MR) is 126 cm³/mol. The summed E-state index contributed by atoms with van der Waals surface area (Å²) in [5.74, 6) is 3.56. The lowest BCUT2D eigenvalue weighted by molar-refractivity contribution is -0.0121. The average Bonchev–Trinajstić information content (AvgIpc) is 3.41. The first-order valence-electron chi connectivity index (χ1n) is 10.5. The number of hydrogen-bond acceptors (Lipinski definition) is 6. The number of rotatable bonds is 4. The van der Waals surface area contributed by atoms with Crippen LogP contribution in [0.1, 0.15) is 12.8 Å². The van der Waals surface area contributed by atoms with E-state index in [1.807, 2.05) is 7.05 Å². The van der Waals surface area contributed by atoms with Gasteiger partial charge in [-0.25, -0.2) is 0 Å². The van der Waals surface area contributed by atoms with E-state index in [1.165, 1.54) is 24.3 Å². The van der Waals surface area contributed by atoms with E-state index in [0.717, 1.165) is 78.2 Å². The summed E-state index contributed by atoms with van der Waals surface area (Å²) in [4.78, 5) is 12.3. The van der Waals surface area contributed by atoms with Crippen LogP contribution in [0.25, 0.3) is 0 Å². The molecule has 0 saturated carbocycles. The summed E-state index contributed by atoms with van der Waals surface area (Å²) in [7, 11) is 1.93. The van der Waals surface area contributed by atoms with Gasteiger partial charge in [-0.2, -0.15) is 11.8 Å². The van der Waals surface area contributed by atoms with Crippen molar-refractivity contribution in [1.29, 1.82) is 0 Å². The van der Waals surface area contributed by atoms with Gasteiger partial charge < -0.3 is 19.7 Å². The highest BCUT2D eigenvalue weighted by molar-refractivity contribution is 14.0. The lowest BCUT2D eigenvalue weighted by Gasteiger charge is -2.43. The summed E-state index contributed by atoms with van der Waals surface area (Å²) >= 11 is 2.09. The zero-order chi connectivity index (χ0) is 18.5. The van der Waals surface area contributed by atoms with Crippen molar-refractivity contribution in [3.8, 4) is 0 Å². The van der Waals surface area contributed by atoms with Crippen molar-refractivity contribution in [3.63, 3.8) is 0 Å². The van der Waals surface area contributed by atoms with Gasteiger partial charge in [0, 0.05) is 70.2 Å². The Morgan fingerprint density at radius 3 is 2.46 bits per heavy atom. The molecule has 0 aromatic heterocycles. The van der Waals surface area contributed by atoms with Crippen LogP contribution >= 0.6 is 35.7 Å². The standard InChI is InChI=1S/C19H35N5O2S.HI/c1-20-18(23-4-2-17(14-23)22-5-9-25-10-6-22)21-15-19(3-13-27-16-19)24-7-11-26-12-8-24;/h17H,2-16H2,1H3,(H,20,21);1H. The molecule has 4 saturated heterocycles. The minimum atomic E-state index is 0. The van der Waals surface area contributed by atoms with Crippen molar-refractivity contribution in [3.05, 3.63) is 0 Å². The number of guanidine groups is 1. The van der Waals surface area contributed by atoms with Gasteiger partial charge in [0.05, 0.1) is 26.4 Å². The summed E-state index contributed by atoms with van der Waals surface area (Å²) in [6.45, 7) is 10.9. The molecule has 0 aromatic rings. The highest BCUT2D eigenvalue weighted by atomic mass is 127. The van der Waals surface area contributed by atoms with Crippen LogP contribution in [0.15, 0.2) is 4.99 Å². The Morgan fingerprint density at radius 2 is 1.82 bits per heavy atom. The number of nitrogens with one attached hydrogen (secondary N) is 1. The lowest BCUT2D eigenvalue weighted by atomic mass is 9.95. The summed E-state index contributed by atoms with van der Waals surface area (Å²) < 4.78 is 11.1. The molecule has 0 aliphatic carbocycles. The zero-order valence-corrected chi connectivity index (χ0v) is 20.3. The lowest BCUT2D eigenvalue weighted by Crippen LogP contribution is -2.60. The van der Waals surface area contributed by atoms with Crippen LogP contribution in [-0.4, -0.2) is 123 Å². The van der Waals surface area contributed by atoms with Crippen LogP contribution in [-0.2, 0) is 9.47 Å². The molecule has 0 aromatic carbocycles. The molecule has 0 spiro atoms. The zero-order valence-electron chi connectivity index (χ0n) is 17.1. The van der Waals surface area contributed by atoms with Crippen LogP contribution in [0.2, 0.25) is 0 Å². The Bertz CT molecular complexity index is 509. The fourth-order valence-corrected chi connectivity index (χ4v) is 6.36. The topological polar surface area (TPSA) is 52.6 Å². The monoisotopic (exact) mass is 525 g/mol. The number of halogens is 1. The smallest absolute Gasteiger partial charge is 0.193 e. The molecule has 4 aliphatic rings.